The van der Waals surface area contributed by atoms with Gasteiger partial charge in [-0.05, 0) is 12.3 Å². The number of ether oxygens (including phenoxy) is 1. The van der Waals surface area contributed by atoms with Gasteiger partial charge in [-0.3, -0.25) is 9.69 Å². The zero-order chi connectivity index (χ0) is 12.8. The number of aliphatic hydroxyl groups is 1. The van der Waals surface area contributed by atoms with Crippen LogP contribution in [0, 0.1) is 5.92 Å². The highest BCUT2D eigenvalue weighted by atomic mass is 16.5. The summed E-state index contributed by atoms with van der Waals surface area (Å²) in [6.45, 7) is 6.53. The third-order valence-electron chi connectivity index (χ3n) is 3.03. The van der Waals surface area contributed by atoms with Crippen molar-refractivity contribution in [3.05, 3.63) is 0 Å². The summed E-state index contributed by atoms with van der Waals surface area (Å²) in [5.41, 5.74) is 0. The summed E-state index contributed by atoms with van der Waals surface area (Å²) < 4.78 is 5.45. The highest BCUT2D eigenvalue weighted by molar-refractivity contribution is 5.74. The molecule has 1 aliphatic heterocycles. The van der Waals surface area contributed by atoms with Crippen LogP contribution in [-0.2, 0) is 9.53 Å². The molecule has 0 aromatic rings. The predicted octanol–water partition coefficient (Wildman–Crippen LogP) is 0.569. The topological polar surface area (TPSA) is 70.0 Å². The number of likely N-dealkylation sites (tertiary alicyclic amines) is 1. The van der Waals surface area contributed by atoms with Crippen LogP contribution in [-0.4, -0.2) is 59.5 Å². The third kappa shape index (κ3) is 5.02. The van der Waals surface area contributed by atoms with Crippen molar-refractivity contribution in [2.75, 3.05) is 26.3 Å². The SMILES string of the molecule is CC(C)CCOCCN1CC(O)CC1C(=O)O. The van der Waals surface area contributed by atoms with Crippen molar-refractivity contribution in [1.82, 2.24) is 4.90 Å². The molecule has 1 saturated heterocycles. The minimum atomic E-state index is -0.858. The van der Waals surface area contributed by atoms with Crippen LogP contribution in [0.5, 0.6) is 0 Å². The first-order valence-corrected chi connectivity index (χ1v) is 6.23. The fourth-order valence-electron chi connectivity index (χ4n) is 1.99. The van der Waals surface area contributed by atoms with E-state index in [1.807, 2.05) is 0 Å². The van der Waals surface area contributed by atoms with Gasteiger partial charge < -0.3 is 14.9 Å². The Morgan fingerprint density at radius 3 is 2.76 bits per heavy atom. The lowest BCUT2D eigenvalue weighted by Crippen LogP contribution is -2.38. The first-order chi connectivity index (χ1) is 8.00. The van der Waals surface area contributed by atoms with Gasteiger partial charge in [0.2, 0.25) is 0 Å². The molecule has 1 rings (SSSR count). The molecule has 1 fully saturated rings. The van der Waals surface area contributed by atoms with Gasteiger partial charge in [0.05, 0.1) is 12.7 Å². The van der Waals surface area contributed by atoms with Crippen molar-refractivity contribution in [1.29, 1.82) is 0 Å². The monoisotopic (exact) mass is 245 g/mol. The van der Waals surface area contributed by atoms with Gasteiger partial charge in [-0.25, -0.2) is 0 Å². The van der Waals surface area contributed by atoms with E-state index in [0.717, 1.165) is 6.42 Å². The zero-order valence-electron chi connectivity index (χ0n) is 10.6. The number of hydrogen-bond donors (Lipinski definition) is 2. The molecule has 5 nitrogen and oxygen atoms in total. The van der Waals surface area contributed by atoms with Gasteiger partial charge >= 0.3 is 5.97 Å². The van der Waals surface area contributed by atoms with E-state index in [-0.39, 0.29) is 0 Å². The van der Waals surface area contributed by atoms with E-state index in [1.54, 1.807) is 4.90 Å². The Morgan fingerprint density at radius 1 is 1.47 bits per heavy atom. The van der Waals surface area contributed by atoms with Crippen LogP contribution in [0.15, 0.2) is 0 Å². The Bertz CT molecular complexity index is 245. The Kier molecular flexibility index (Phi) is 5.88. The summed E-state index contributed by atoms with van der Waals surface area (Å²) in [4.78, 5) is 12.7. The summed E-state index contributed by atoms with van der Waals surface area (Å²) in [7, 11) is 0. The lowest BCUT2D eigenvalue weighted by molar-refractivity contribution is -0.142. The van der Waals surface area contributed by atoms with E-state index < -0.39 is 18.1 Å². The molecule has 17 heavy (non-hydrogen) atoms. The van der Waals surface area contributed by atoms with E-state index in [2.05, 4.69) is 13.8 Å². The smallest absolute Gasteiger partial charge is 0.321 e. The molecule has 0 saturated carbocycles. The van der Waals surface area contributed by atoms with Crippen LogP contribution in [0.3, 0.4) is 0 Å². The lowest BCUT2D eigenvalue weighted by Gasteiger charge is -2.20. The maximum Gasteiger partial charge on any atom is 0.321 e. The maximum absolute atomic E-state index is 10.9. The quantitative estimate of drug-likeness (QED) is 0.642. The Morgan fingerprint density at radius 2 is 2.18 bits per heavy atom. The van der Waals surface area contributed by atoms with Gasteiger partial charge in [0.1, 0.15) is 6.04 Å². The summed E-state index contributed by atoms with van der Waals surface area (Å²) in [6.07, 6.45) is 0.818. The normalized spacial score (nSPS) is 25.6. The van der Waals surface area contributed by atoms with Gasteiger partial charge in [-0.15, -0.1) is 0 Å². The Balaban J connectivity index is 2.19. The third-order valence-corrected chi connectivity index (χ3v) is 3.03. The number of carboxylic acids is 1. The molecule has 0 aliphatic carbocycles. The Hall–Kier alpha value is -0.650. The summed E-state index contributed by atoms with van der Waals surface area (Å²) >= 11 is 0. The molecule has 0 amide bonds. The highest BCUT2D eigenvalue weighted by Crippen LogP contribution is 2.17. The number of β-amino-alcohol motifs (C(OH)–C–C–N with tert-alkyl or cyclic N) is 1. The first kappa shape index (κ1) is 14.4. The molecule has 2 N–H and O–H groups in total. The van der Waals surface area contributed by atoms with Crippen molar-refractivity contribution < 1.29 is 19.7 Å². The van der Waals surface area contributed by atoms with Crippen LogP contribution in [0.2, 0.25) is 0 Å². The second-order valence-corrected chi connectivity index (χ2v) is 5.03. The summed E-state index contributed by atoms with van der Waals surface area (Å²) in [6, 6.07) is -0.557. The number of rotatable bonds is 7. The van der Waals surface area contributed by atoms with Gasteiger partial charge in [-0.2, -0.15) is 0 Å². The summed E-state index contributed by atoms with van der Waals surface area (Å²) in [5, 5.41) is 18.4. The zero-order valence-corrected chi connectivity index (χ0v) is 10.6. The largest absolute Gasteiger partial charge is 0.480 e. The van der Waals surface area contributed by atoms with Crippen LogP contribution < -0.4 is 0 Å². The number of hydrogen-bond acceptors (Lipinski definition) is 4. The Labute approximate surface area is 102 Å². The molecule has 0 aromatic heterocycles. The van der Waals surface area contributed by atoms with Crippen LogP contribution >= 0.6 is 0 Å². The van der Waals surface area contributed by atoms with Crippen molar-refractivity contribution in [2.45, 2.75) is 38.8 Å². The minimum absolute atomic E-state index is 0.321. The van der Waals surface area contributed by atoms with Crippen molar-refractivity contribution >= 4 is 5.97 Å². The average Bonchev–Trinajstić information content (AvgIpc) is 2.59. The maximum atomic E-state index is 10.9. The first-order valence-electron chi connectivity index (χ1n) is 6.23. The van der Waals surface area contributed by atoms with Crippen molar-refractivity contribution in [3.8, 4) is 0 Å². The van der Waals surface area contributed by atoms with Crippen LogP contribution in [0.4, 0.5) is 0 Å². The molecule has 0 spiro atoms. The van der Waals surface area contributed by atoms with E-state index >= 15 is 0 Å². The fraction of sp³-hybridized carbons (Fsp3) is 0.917. The molecule has 0 radical (unpaired) electrons. The molecule has 0 bridgehead atoms. The second kappa shape index (κ2) is 6.93. The molecule has 1 aliphatic rings. The number of carboxylic acid groups (broad SMARTS) is 1. The van der Waals surface area contributed by atoms with Crippen LogP contribution in [0.1, 0.15) is 26.7 Å². The number of nitrogens with zero attached hydrogens (tertiary/aromatic N) is 1. The average molecular weight is 245 g/mol. The van der Waals surface area contributed by atoms with Gasteiger partial charge in [0, 0.05) is 26.1 Å². The standard InChI is InChI=1S/C12H23NO4/c1-9(2)3-5-17-6-4-13-8-10(14)7-11(13)12(15)16/h9-11,14H,3-8H2,1-2H3,(H,15,16). The van der Waals surface area contributed by atoms with Crippen molar-refractivity contribution in [2.24, 2.45) is 5.92 Å². The van der Waals surface area contributed by atoms with Crippen molar-refractivity contribution in [3.63, 3.8) is 0 Å². The van der Waals surface area contributed by atoms with E-state index in [4.69, 9.17) is 9.84 Å². The molecular formula is C12H23NO4. The second-order valence-electron chi connectivity index (χ2n) is 5.03. The number of aliphatic hydroxyl groups excluding tert-OH is 1. The molecule has 0 aromatic carbocycles. The van der Waals surface area contributed by atoms with Crippen LogP contribution in [0.25, 0.3) is 0 Å². The van der Waals surface area contributed by atoms with E-state index in [1.165, 1.54) is 0 Å². The molecule has 2 unspecified atom stereocenters. The predicted molar refractivity (Wildman–Crippen MR) is 63.9 cm³/mol. The van der Waals surface area contributed by atoms with E-state index in [9.17, 15) is 9.90 Å². The van der Waals surface area contributed by atoms with Gasteiger partial charge in [0.15, 0.2) is 0 Å². The van der Waals surface area contributed by atoms with E-state index in [0.29, 0.717) is 38.6 Å². The van der Waals surface area contributed by atoms with Gasteiger partial charge in [-0.1, -0.05) is 13.8 Å². The number of carbonyl (C=O) groups is 1. The summed E-state index contributed by atoms with van der Waals surface area (Å²) in [5.74, 6) is -0.237. The number of aliphatic carboxylic acids is 1. The molecule has 2 atom stereocenters. The molecular weight excluding hydrogens is 222 g/mol. The fourth-order valence-corrected chi connectivity index (χ4v) is 1.99. The van der Waals surface area contributed by atoms with Gasteiger partial charge in [0.25, 0.3) is 0 Å². The molecule has 5 heteroatoms. The molecule has 100 valence electrons. The lowest BCUT2D eigenvalue weighted by atomic mass is 10.1. The minimum Gasteiger partial charge on any atom is -0.480 e. The molecule has 1 heterocycles. The highest BCUT2D eigenvalue weighted by Gasteiger charge is 2.35.